The van der Waals surface area contributed by atoms with Crippen molar-refractivity contribution in [3.63, 3.8) is 0 Å². The number of para-hydroxylation sites is 1. The van der Waals surface area contributed by atoms with Crippen molar-refractivity contribution in [3.05, 3.63) is 57.4 Å². The summed E-state index contributed by atoms with van der Waals surface area (Å²) in [5.74, 6) is 1.13. The summed E-state index contributed by atoms with van der Waals surface area (Å²) in [6.45, 7) is 0. The molecule has 0 aliphatic carbocycles. The molecule has 0 saturated carbocycles. The van der Waals surface area contributed by atoms with Crippen molar-refractivity contribution in [3.8, 4) is 17.2 Å². The van der Waals surface area contributed by atoms with Gasteiger partial charge in [-0.2, -0.15) is 0 Å². The Bertz CT molecular complexity index is 997. The number of nitrogens with one attached hydrogen (secondary N) is 1. The van der Waals surface area contributed by atoms with Crippen molar-refractivity contribution in [2.24, 2.45) is 0 Å². The van der Waals surface area contributed by atoms with E-state index in [-0.39, 0.29) is 11.7 Å². The summed E-state index contributed by atoms with van der Waals surface area (Å²) in [4.78, 5) is 12.9. The number of aromatic nitrogens is 1. The topological polar surface area (TPSA) is 78.5 Å². The number of benzene rings is 2. The molecule has 0 aliphatic heterocycles. The van der Waals surface area contributed by atoms with Crippen molar-refractivity contribution in [1.29, 1.82) is 0 Å². The lowest BCUT2D eigenvalue weighted by molar-refractivity contribution is 0.103. The maximum atomic E-state index is 12.6. The minimum absolute atomic E-state index is 0.250. The first-order valence-corrected chi connectivity index (χ1v) is 8.87. The van der Waals surface area contributed by atoms with Gasteiger partial charge >= 0.3 is 0 Å². The van der Waals surface area contributed by atoms with Crippen molar-refractivity contribution in [2.75, 3.05) is 25.3 Å². The first kappa shape index (κ1) is 18.0. The van der Waals surface area contributed by atoms with Gasteiger partial charge < -0.3 is 20.5 Å². The smallest absolute Gasteiger partial charge is 0.269 e. The molecule has 1 aromatic heterocycles. The van der Waals surface area contributed by atoms with E-state index in [0.29, 0.717) is 31.7 Å². The van der Waals surface area contributed by atoms with Crippen molar-refractivity contribution < 1.29 is 14.3 Å². The van der Waals surface area contributed by atoms with Gasteiger partial charge in [0.2, 0.25) is 0 Å². The summed E-state index contributed by atoms with van der Waals surface area (Å²) < 4.78 is 12.7. The summed E-state index contributed by atoms with van der Waals surface area (Å²) in [5.41, 5.74) is 7.55. The molecule has 0 bridgehead atoms. The predicted molar refractivity (Wildman–Crippen MR) is 106 cm³/mol. The lowest BCUT2D eigenvalue weighted by atomic mass is 10.2. The Morgan fingerprint density at radius 3 is 2.54 bits per heavy atom. The largest absolute Gasteiger partial charge is 0.497 e. The van der Waals surface area contributed by atoms with Crippen LogP contribution in [0, 0.1) is 3.95 Å². The fourth-order valence-electron chi connectivity index (χ4n) is 2.46. The zero-order chi connectivity index (χ0) is 18.7. The molecule has 0 unspecified atom stereocenters. The van der Waals surface area contributed by atoms with E-state index in [9.17, 15) is 4.79 Å². The maximum absolute atomic E-state index is 12.6. The van der Waals surface area contributed by atoms with Gasteiger partial charge in [-0.05, 0) is 36.5 Å². The van der Waals surface area contributed by atoms with Gasteiger partial charge in [0.1, 0.15) is 22.2 Å². The minimum atomic E-state index is -0.314. The number of methoxy groups -OCH3 is 2. The quantitative estimate of drug-likeness (QED) is 0.644. The lowest BCUT2D eigenvalue weighted by Gasteiger charge is -2.13. The summed E-state index contributed by atoms with van der Waals surface area (Å²) >= 11 is 6.58. The summed E-state index contributed by atoms with van der Waals surface area (Å²) in [7, 11) is 3.13. The number of rotatable bonds is 5. The number of hydrogen-bond donors (Lipinski definition) is 2. The lowest BCUT2D eigenvalue weighted by Crippen LogP contribution is -2.13. The molecule has 26 heavy (non-hydrogen) atoms. The van der Waals surface area contributed by atoms with Crippen LogP contribution in [0.4, 0.5) is 11.5 Å². The van der Waals surface area contributed by atoms with Crippen LogP contribution in [-0.2, 0) is 0 Å². The van der Waals surface area contributed by atoms with Gasteiger partial charge in [0, 0.05) is 11.8 Å². The molecule has 3 N–H and O–H groups in total. The molecule has 134 valence electrons. The van der Waals surface area contributed by atoms with E-state index in [1.54, 1.807) is 49.1 Å². The van der Waals surface area contributed by atoms with E-state index >= 15 is 0 Å². The third kappa shape index (κ3) is 3.42. The van der Waals surface area contributed by atoms with Gasteiger partial charge in [-0.1, -0.05) is 29.5 Å². The van der Waals surface area contributed by atoms with E-state index < -0.39 is 0 Å². The first-order valence-electron chi connectivity index (χ1n) is 7.65. The van der Waals surface area contributed by atoms with Crippen LogP contribution in [0.3, 0.4) is 0 Å². The van der Waals surface area contributed by atoms with Crippen LogP contribution < -0.4 is 20.5 Å². The molecule has 0 saturated heterocycles. The van der Waals surface area contributed by atoms with E-state index in [1.807, 2.05) is 18.2 Å². The third-order valence-corrected chi connectivity index (χ3v) is 5.10. The zero-order valence-electron chi connectivity index (χ0n) is 14.2. The van der Waals surface area contributed by atoms with E-state index in [0.717, 1.165) is 11.3 Å². The molecule has 0 aliphatic rings. The van der Waals surface area contributed by atoms with Crippen LogP contribution in [0.5, 0.6) is 11.5 Å². The van der Waals surface area contributed by atoms with Crippen molar-refractivity contribution in [2.45, 2.75) is 0 Å². The minimum Gasteiger partial charge on any atom is -0.497 e. The number of thiazole rings is 1. The van der Waals surface area contributed by atoms with Gasteiger partial charge in [0.05, 0.1) is 19.9 Å². The number of nitrogens with zero attached hydrogens (tertiary/aromatic N) is 1. The van der Waals surface area contributed by atoms with Gasteiger partial charge in [-0.3, -0.25) is 9.36 Å². The van der Waals surface area contributed by atoms with E-state index in [1.165, 1.54) is 0 Å². The normalized spacial score (nSPS) is 10.4. The third-order valence-electron chi connectivity index (χ3n) is 3.71. The van der Waals surface area contributed by atoms with E-state index in [4.69, 9.17) is 27.4 Å². The highest BCUT2D eigenvalue weighted by molar-refractivity contribution is 7.73. The van der Waals surface area contributed by atoms with Gasteiger partial charge in [0.25, 0.3) is 5.91 Å². The Morgan fingerprint density at radius 2 is 1.88 bits per heavy atom. The Morgan fingerprint density at radius 1 is 1.15 bits per heavy atom. The number of nitrogen functional groups attached to an aromatic ring is 1. The highest BCUT2D eigenvalue weighted by Gasteiger charge is 2.20. The Kier molecular flexibility index (Phi) is 5.24. The van der Waals surface area contributed by atoms with Crippen LogP contribution in [0.15, 0.2) is 48.5 Å². The summed E-state index contributed by atoms with van der Waals surface area (Å²) in [6.07, 6.45) is 0. The monoisotopic (exact) mass is 387 g/mol. The van der Waals surface area contributed by atoms with Crippen LogP contribution in [-0.4, -0.2) is 24.7 Å². The van der Waals surface area contributed by atoms with Gasteiger partial charge in [-0.15, -0.1) is 0 Å². The van der Waals surface area contributed by atoms with Crippen LogP contribution in [0.25, 0.3) is 5.69 Å². The number of hydrogen-bond acceptors (Lipinski definition) is 6. The predicted octanol–water partition coefficient (Wildman–Crippen LogP) is 4.12. The SMILES string of the molecule is COc1ccc(OC)c(-n2c(N)c(C(=O)Nc3ccccc3)sc2=S)c1. The molecule has 3 rings (SSSR count). The second kappa shape index (κ2) is 7.59. The van der Waals surface area contributed by atoms with Gasteiger partial charge in [-0.25, -0.2) is 0 Å². The first-order chi connectivity index (χ1) is 12.5. The fraction of sp³-hybridized carbons (Fsp3) is 0.111. The molecule has 0 fully saturated rings. The molecule has 0 radical (unpaired) electrons. The second-order valence-corrected chi connectivity index (χ2v) is 6.92. The number of nitrogens with two attached hydrogens (primary N) is 1. The van der Waals surface area contributed by atoms with Gasteiger partial charge in [0.15, 0.2) is 3.95 Å². The molecule has 8 heteroatoms. The number of anilines is 2. The highest BCUT2D eigenvalue weighted by Crippen LogP contribution is 2.34. The average molecular weight is 387 g/mol. The number of carbonyl (C=O) groups excluding carboxylic acids is 1. The van der Waals surface area contributed by atoms with E-state index in [2.05, 4.69) is 5.32 Å². The Labute approximate surface area is 159 Å². The molecule has 3 aromatic rings. The fourth-order valence-corrected chi connectivity index (χ4v) is 3.71. The van der Waals surface area contributed by atoms with Crippen LogP contribution in [0.1, 0.15) is 9.67 Å². The van der Waals surface area contributed by atoms with Crippen molar-refractivity contribution >= 4 is 41.0 Å². The van der Waals surface area contributed by atoms with Crippen LogP contribution in [0.2, 0.25) is 0 Å². The number of carbonyl (C=O) groups is 1. The zero-order valence-corrected chi connectivity index (χ0v) is 15.8. The maximum Gasteiger partial charge on any atom is 0.269 e. The molecule has 0 spiro atoms. The Balaban J connectivity index is 2.04. The highest BCUT2D eigenvalue weighted by atomic mass is 32.1. The van der Waals surface area contributed by atoms with Crippen molar-refractivity contribution in [1.82, 2.24) is 4.57 Å². The number of ether oxygens (including phenoxy) is 2. The second-order valence-electron chi connectivity index (χ2n) is 5.28. The number of amides is 1. The summed E-state index contributed by atoms with van der Waals surface area (Å²) in [6, 6.07) is 14.5. The standard InChI is InChI=1S/C18H17N3O3S2/c1-23-12-8-9-14(24-2)13(10-12)21-16(19)15(26-18(21)25)17(22)20-11-6-4-3-5-7-11/h3-10H,19H2,1-2H3,(H,20,22). The summed E-state index contributed by atoms with van der Waals surface area (Å²) in [5, 5.41) is 2.82. The molecular weight excluding hydrogens is 370 g/mol. The average Bonchev–Trinajstić information content (AvgIpc) is 2.96. The van der Waals surface area contributed by atoms with Crippen LogP contribution >= 0.6 is 23.6 Å². The molecule has 2 aromatic carbocycles. The molecular formula is C18H17N3O3S2. The molecule has 1 amide bonds. The molecule has 6 nitrogen and oxygen atoms in total. The Hall–Kier alpha value is -2.84. The molecule has 0 atom stereocenters. The molecule has 1 heterocycles.